The Hall–Kier alpha value is -3.46. The van der Waals surface area contributed by atoms with Gasteiger partial charge in [-0.1, -0.05) is 72.8 Å². The van der Waals surface area contributed by atoms with Gasteiger partial charge in [-0.2, -0.15) is 0 Å². The van der Waals surface area contributed by atoms with E-state index in [0.717, 1.165) is 22.3 Å². The molecule has 0 saturated heterocycles. The van der Waals surface area contributed by atoms with E-state index in [1.54, 1.807) is 23.1 Å². The molecule has 156 valence electrons. The van der Waals surface area contributed by atoms with Crippen molar-refractivity contribution in [1.29, 1.82) is 0 Å². The Balaban J connectivity index is 2.03. The molecule has 0 spiro atoms. The Bertz CT molecular complexity index is 1180. The van der Waals surface area contributed by atoms with Gasteiger partial charge in [0.2, 0.25) is 0 Å². The molecule has 0 radical (unpaired) electrons. The number of hydrogen-bond acceptors (Lipinski definition) is 1. The number of anilines is 2. The Morgan fingerprint density at radius 2 is 1.13 bits per heavy atom. The van der Waals surface area contributed by atoms with Crippen LogP contribution in [0.1, 0.15) is 20.8 Å². The highest BCUT2D eigenvalue weighted by Gasteiger charge is 2.31. The number of para-hydroxylation sites is 1. The van der Waals surface area contributed by atoms with E-state index in [9.17, 15) is 4.39 Å². The third kappa shape index (κ3) is 4.22. The maximum Gasteiger partial charge on any atom is 0.148 e. The van der Waals surface area contributed by atoms with Crippen molar-refractivity contribution in [2.45, 2.75) is 26.3 Å². The SMILES string of the molecule is CC(C)(C)N(c1ccccc1F)c1c(F)cc(-c2ccccc2)cc1-c1ccccc1. The second-order valence-electron chi connectivity index (χ2n) is 8.54. The lowest BCUT2D eigenvalue weighted by Gasteiger charge is -2.39. The van der Waals surface area contributed by atoms with Gasteiger partial charge in [-0.05, 0) is 61.7 Å². The fourth-order valence-corrected chi connectivity index (χ4v) is 3.91. The van der Waals surface area contributed by atoms with Crippen molar-refractivity contribution in [3.63, 3.8) is 0 Å². The van der Waals surface area contributed by atoms with Crippen LogP contribution < -0.4 is 4.90 Å². The molecular weight excluding hydrogens is 388 g/mol. The van der Waals surface area contributed by atoms with Gasteiger partial charge in [-0.3, -0.25) is 0 Å². The first-order valence-electron chi connectivity index (χ1n) is 10.4. The molecule has 31 heavy (non-hydrogen) atoms. The molecule has 4 rings (SSSR count). The minimum Gasteiger partial charge on any atom is -0.331 e. The molecule has 0 bridgehead atoms. The average Bonchev–Trinajstić information content (AvgIpc) is 2.76. The van der Waals surface area contributed by atoms with Crippen LogP contribution in [0, 0.1) is 11.6 Å². The van der Waals surface area contributed by atoms with Crippen LogP contribution in [0.4, 0.5) is 20.2 Å². The summed E-state index contributed by atoms with van der Waals surface area (Å²) in [5.74, 6) is -0.777. The first-order chi connectivity index (χ1) is 14.9. The number of nitrogens with zero attached hydrogens (tertiary/aromatic N) is 1. The van der Waals surface area contributed by atoms with E-state index in [1.807, 2.05) is 87.5 Å². The van der Waals surface area contributed by atoms with Crippen LogP contribution in [0.2, 0.25) is 0 Å². The van der Waals surface area contributed by atoms with Crippen LogP contribution in [-0.4, -0.2) is 5.54 Å². The highest BCUT2D eigenvalue weighted by Crippen LogP contribution is 2.44. The molecule has 0 aliphatic rings. The summed E-state index contributed by atoms with van der Waals surface area (Å²) >= 11 is 0. The van der Waals surface area contributed by atoms with Gasteiger partial charge >= 0.3 is 0 Å². The zero-order chi connectivity index (χ0) is 22.0. The van der Waals surface area contributed by atoms with Crippen LogP contribution in [0.3, 0.4) is 0 Å². The first kappa shape index (κ1) is 20.8. The minimum atomic E-state index is -0.569. The fourth-order valence-electron chi connectivity index (χ4n) is 3.91. The molecule has 1 nitrogen and oxygen atoms in total. The van der Waals surface area contributed by atoms with Crippen molar-refractivity contribution in [3.05, 3.63) is 109 Å². The quantitative estimate of drug-likeness (QED) is 0.326. The second kappa shape index (κ2) is 8.35. The van der Waals surface area contributed by atoms with Crippen molar-refractivity contribution in [3.8, 4) is 22.3 Å². The molecule has 0 aliphatic heterocycles. The minimum absolute atomic E-state index is 0.346. The maximum absolute atomic E-state index is 15.9. The lowest BCUT2D eigenvalue weighted by atomic mass is 9.93. The Morgan fingerprint density at radius 1 is 0.581 bits per heavy atom. The van der Waals surface area contributed by atoms with Crippen LogP contribution in [0.5, 0.6) is 0 Å². The molecule has 0 atom stereocenters. The molecule has 3 heteroatoms. The van der Waals surface area contributed by atoms with Crippen molar-refractivity contribution in [2.75, 3.05) is 4.90 Å². The molecule has 0 unspecified atom stereocenters. The Labute approximate surface area is 182 Å². The van der Waals surface area contributed by atoms with Gasteiger partial charge in [-0.15, -0.1) is 0 Å². The van der Waals surface area contributed by atoms with Crippen LogP contribution in [0.25, 0.3) is 22.3 Å². The third-order valence-corrected chi connectivity index (χ3v) is 5.24. The first-order valence-corrected chi connectivity index (χ1v) is 10.4. The summed E-state index contributed by atoms with van der Waals surface area (Å²) in [5.41, 5.74) is 3.45. The van der Waals surface area contributed by atoms with Crippen LogP contribution >= 0.6 is 0 Å². The predicted octanol–water partition coefficient (Wildman–Crippen LogP) is 8.24. The standard InChI is InChI=1S/C28H25F2N/c1-28(2,3)31(26-17-11-10-16-24(26)29)27-23(21-14-8-5-9-15-21)18-22(19-25(27)30)20-12-6-4-7-13-20/h4-19H,1-3H3. The highest BCUT2D eigenvalue weighted by molar-refractivity contribution is 5.87. The normalized spacial score (nSPS) is 11.4. The summed E-state index contributed by atoms with van der Waals surface area (Å²) < 4.78 is 30.8. The highest BCUT2D eigenvalue weighted by atomic mass is 19.1. The maximum atomic E-state index is 15.9. The fraction of sp³-hybridized carbons (Fsp3) is 0.143. The van der Waals surface area contributed by atoms with E-state index in [-0.39, 0.29) is 5.82 Å². The smallest absolute Gasteiger partial charge is 0.148 e. The molecule has 0 heterocycles. The Kier molecular flexibility index (Phi) is 5.60. The van der Waals surface area contributed by atoms with Crippen molar-refractivity contribution in [2.24, 2.45) is 0 Å². The number of hydrogen-bond donors (Lipinski definition) is 0. The van der Waals surface area contributed by atoms with Gasteiger partial charge in [0.05, 0.1) is 11.4 Å². The average molecular weight is 414 g/mol. The van der Waals surface area contributed by atoms with Crippen molar-refractivity contribution < 1.29 is 8.78 Å². The van der Waals surface area contributed by atoms with Crippen molar-refractivity contribution in [1.82, 2.24) is 0 Å². The molecule has 0 N–H and O–H groups in total. The molecule has 4 aromatic carbocycles. The molecule has 0 fully saturated rings. The molecule has 0 aliphatic carbocycles. The summed E-state index contributed by atoms with van der Waals surface area (Å²) in [6.07, 6.45) is 0. The van der Waals surface area contributed by atoms with E-state index >= 15 is 4.39 Å². The van der Waals surface area contributed by atoms with Gasteiger partial charge in [-0.25, -0.2) is 8.78 Å². The van der Waals surface area contributed by atoms with E-state index in [0.29, 0.717) is 11.4 Å². The molecule has 0 saturated carbocycles. The van der Waals surface area contributed by atoms with Crippen LogP contribution in [-0.2, 0) is 0 Å². The van der Waals surface area contributed by atoms with Gasteiger partial charge in [0.25, 0.3) is 0 Å². The van der Waals surface area contributed by atoms with Gasteiger partial charge in [0.15, 0.2) is 0 Å². The zero-order valence-electron chi connectivity index (χ0n) is 17.9. The van der Waals surface area contributed by atoms with Crippen LogP contribution in [0.15, 0.2) is 97.1 Å². The summed E-state index contributed by atoms with van der Waals surface area (Å²) in [7, 11) is 0. The molecule has 4 aromatic rings. The molecule has 0 amide bonds. The van der Waals surface area contributed by atoms with E-state index in [1.165, 1.54) is 12.1 Å². The molecular formula is C28H25F2N. The number of rotatable bonds is 4. The van der Waals surface area contributed by atoms with E-state index < -0.39 is 11.4 Å². The summed E-state index contributed by atoms with van der Waals surface area (Å²) in [6.45, 7) is 5.87. The van der Waals surface area contributed by atoms with E-state index in [4.69, 9.17) is 0 Å². The lowest BCUT2D eigenvalue weighted by molar-refractivity contribution is 0.527. The summed E-state index contributed by atoms with van der Waals surface area (Å²) in [6, 6.07) is 29.5. The number of benzene rings is 4. The monoisotopic (exact) mass is 413 g/mol. The summed E-state index contributed by atoms with van der Waals surface area (Å²) in [5, 5.41) is 0. The van der Waals surface area contributed by atoms with Crippen molar-refractivity contribution >= 4 is 11.4 Å². The third-order valence-electron chi connectivity index (χ3n) is 5.24. The topological polar surface area (TPSA) is 3.24 Å². The zero-order valence-corrected chi connectivity index (χ0v) is 17.9. The van der Waals surface area contributed by atoms with E-state index in [2.05, 4.69) is 0 Å². The van der Waals surface area contributed by atoms with Gasteiger partial charge in [0.1, 0.15) is 11.6 Å². The summed E-state index contributed by atoms with van der Waals surface area (Å²) in [4.78, 5) is 1.76. The second-order valence-corrected chi connectivity index (χ2v) is 8.54. The number of halogens is 2. The lowest BCUT2D eigenvalue weighted by Crippen LogP contribution is -2.39. The van der Waals surface area contributed by atoms with Gasteiger partial charge < -0.3 is 4.90 Å². The van der Waals surface area contributed by atoms with Gasteiger partial charge in [0, 0.05) is 11.1 Å². The largest absolute Gasteiger partial charge is 0.331 e. The molecule has 0 aromatic heterocycles. The Morgan fingerprint density at radius 3 is 1.71 bits per heavy atom. The predicted molar refractivity (Wildman–Crippen MR) is 126 cm³/mol.